The molecule has 0 atom stereocenters. The lowest BCUT2D eigenvalue weighted by Gasteiger charge is -2.16. The van der Waals surface area contributed by atoms with Gasteiger partial charge in [-0.15, -0.1) is 10.2 Å². The van der Waals surface area contributed by atoms with Crippen LogP contribution in [0.3, 0.4) is 0 Å². The van der Waals surface area contributed by atoms with Crippen LogP contribution < -0.4 is 5.32 Å². The summed E-state index contributed by atoms with van der Waals surface area (Å²) in [6, 6.07) is 15.8. The summed E-state index contributed by atoms with van der Waals surface area (Å²) in [6.07, 6.45) is 3.35. The number of nitrogens with zero attached hydrogens (tertiary/aromatic N) is 4. The van der Waals surface area contributed by atoms with E-state index in [1.165, 1.54) is 23.9 Å². The van der Waals surface area contributed by atoms with E-state index >= 15 is 0 Å². The Hall–Kier alpha value is -3.52. The minimum Gasteiger partial charge on any atom is -0.325 e. The average Bonchev–Trinajstić information content (AvgIpc) is 3.24. The van der Waals surface area contributed by atoms with E-state index in [4.69, 9.17) is 0 Å². The van der Waals surface area contributed by atoms with Crippen molar-refractivity contribution >= 4 is 23.4 Å². The summed E-state index contributed by atoms with van der Waals surface area (Å²) in [5.74, 6) is 0.576. The number of halogens is 1. The molecular weight excluding hydrogens is 437 g/mol. The van der Waals surface area contributed by atoms with Gasteiger partial charge in [0.15, 0.2) is 11.0 Å². The molecule has 2 heterocycles. The van der Waals surface area contributed by atoms with E-state index in [-0.39, 0.29) is 23.4 Å². The maximum atomic E-state index is 13.5. The number of pyridine rings is 1. The van der Waals surface area contributed by atoms with E-state index in [2.05, 4.69) is 34.3 Å². The molecule has 33 heavy (non-hydrogen) atoms. The Bertz CT molecular complexity index is 1260. The summed E-state index contributed by atoms with van der Waals surface area (Å²) in [6.45, 7) is 6.19. The van der Waals surface area contributed by atoms with E-state index in [0.29, 0.717) is 16.7 Å². The number of amides is 1. The highest BCUT2D eigenvalue weighted by molar-refractivity contribution is 7.99. The van der Waals surface area contributed by atoms with Crippen molar-refractivity contribution in [1.29, 1.82) is 0 Å². The summed E-state index contributed by atoms with van der Waals surface area (Å²) in [7, 11) is 0. The van der Waals surface area contributed by atoms with E-state index < -0.39 is 0 Å². The number of aromatic nitrogens is 4. The first-order valence-corrected chi connectivity index (χ1v) is 11.6. The number of rotatable bonds is 7. The van der Waals surface area contributed by atoms with E-state index in [1.807, 2.05) is 41.8 Å². The van der Waals surface area contributed by atoms with Crippen molar-refractivity contribution in [3.05, 3.63) is 83.9 Å². The van der Waals surface area contributed by atoms with Gasteiger partial charge >= 0.3 is 0 Å². The Morgan fingerprint density at radius 1 is 1.06 bits per heavy atom. The van der Waals surface area contributed by atoms with Crippen LogP contribution in [0.2, 0.25) is 0 Å². The molecule has 1 N–H and O–H groups in total. The highest BCUT2D eigenvalue weighted by Gasteiger charge is 2.18. The van der Waals surface area contributed by atoms with Crippen molar-refractivity contribution in [1.82, 2.24) is 19.7 Å². The van der Waals surface area contributed by atoms with Crippen molar-refractivity contribution < 1.29 is 9.18 Å². The van der Waals surface area contributed by atoms with Gasteiger partial charge in [-0.05, 0) is 60.4 Å². The maximum Gasteiger partial charge on any atom is 0.234 e. The smallest absolute Gasteiger partial charge is 0.234 e. The largest absolute Gasteiger partial charge is 0.325 e. The SMILES string of the molecule is Cc1cccc(C(C)C)c1NC(=O)CSc1nnc(-c2ccncc2)n1-c1ccc(F)cc1. The molecule has 0 aliphatic heterocycles. The van der Waals surface area contributed by atoms with Crippen molar-refractivity contribution in [2.75, 3.05) is 11.1 Å². The summed E-state index contributed by atoms with van der Waals surface area (Å²) >= 11 is 1.28. The molecule has 0 radical (unpaired) electrons. The molecule has 2 aromatic carbocycles. The van der Waals surface area contributed by atoms with Crippen molar-refractivity contribution in [3.63, 3.8) is 0 Å². The first kappa shape index (κ1) is 22.7. The van der Waals surface area contributed by atoms with Crippen LogP contribution in [0, 0.1) is 12.7 Å². The molecule has 4 rings (SSSR count). The Kier molecular flexibility index (Phi) is 6.84. The quantitative estimate of drug-likeness (QED) is 0.361. The fourth-order valence-electron chi connectivity index (χ4n) is 3.52. The highest BCUT2D eigenvalue weighted by Crippen LogP contribution is 2.30. The Labute approximate surface area is 196 Å². The third-order valence-corrected chi connectivity index (χ3v) is 6.11. The molecule has 0 unspecified atom stereocenters. The fourth-order valence-corrected chi connectivity index (χ4v) is 4.27. The second kappa shape index (κ2) is 9.95. The number of carbonyl (C=O) groups is 1. The molecule has 0 saturated heterocycles. The zero-order valence-corrected chi connectivity index (χ0v) is 19.4. The molecule has 0 saturated carbocycles. The Balaban J connectivity index is 1.60. The van der Waals surface area contributed by atoms with Crippen LogP contribution in [0.25, 0.3) is 17.1 Å². The molecule has 1 amide bonds. The number of benzene rings is 2. The minimum atomic E-state index is -0.329. The normalized spacial score (nSPS) is 11.1. The van der Waals surface area contributed by atoms with E-state index in [1.54, 1.807) is 24.5 Å². The van der Waals surface area contributed by atoms with Gasteiger partial charge in [-0.25, -0.2) is 4.39 Å². The number of thioether (sulfide) groups is 1. The van der Waals surface area contributed by atoms with Gasteiger partial charge in [-0.1, -0.05) is 43.8 Å². The van der Waals surface area contributed by atoms with Crippen LogP contribution in [0.4, 0.5) is 10.1 Å². The van der Waals surface area contributed by atoms with Gasteiger partial charge in [0.1, 0.15) is 5.82 Å². The lowest BCUT2D eigenvalue weighted by atomic mass is 9.98. The third-order valence-electron chi connectivity index (χ3n) is 5.18. The number of hydrogen-bond acceptors (Lipinski definition) is 5. The monoisotopic (exact) mass is 461 g/mol. The molecule has 4 aromatic rings. The number of anilines is 1. The van der Waals surface area contributed by atoms with Gasteiger partial charge in [0, 0.05) is 29.3 Å². The van der Waals surface area contributed by atoms with Crippen LogP contribution in [0.1, 0.15) is 30.9 Å². The zero-order valence-electron chi connectivity index (χ0n) is 18.6. The summed E-state index contributed by atoms with van der Waals surface area (Å²) in [5.41, 5.74) is 4.50. The average molecular weight is 462 g/mol. The molecule has 0 aliphatic rings. The molecule has 2 aromatic heterocycles. The van der Waals surface area contributed by atoms with Gasteiger partial charge in [-0.3, -0.25) is 14.3 Å². The maximum absolute atomic E-state index is 13.5. The lowest BCUT2D eigenvalue weighted by Crippen LogP contribution is -2.17. The van der Waals surface area contributed by atoms with Crippen LogP contribution in [-0.4, -0.2) is 31.4 Å². The highest BCUT2D eigenvalue weighted by atomic mass is 32.2. The van der Waals surface area contributed by atoms with Gasteiger partial charge in [0.05, 0.1) is 5.75 Å². The number of aryl methyl sites for hydroxylation is 1. The molecule has 8 heteroatoms. The standard InChI is InChI=1S/C25H24FN5OS/c1-16(2)21-6-4-5-17(3)23(21)28-22(32)15-33-25-30-29-24(18-11-13-27-14-12-18)31(25)20-9-7-19(26)8-10-20/h4-14,16H,15H2,1-3H3,(H,28,32). The number of carbonyl (C=O) groups excluding carboxylic acids is 1. The molecular formula is C25H24FN5OS. The Morgan fingerprint density at radius 2 is 1.79 bits per heavy atom. The predicted molar refractivity (Wildman–Crippen MR) is 129 cm³/mol. The molecule has 0 bridgehead atoms. The summed E-state index contributed by atoms with van der Waals surface area (Å²) in [5, 5.41) is 12.3. The Morgan fingerprint density at radius 3 is 2.48 bits per heavy atom. The lowest BCUT2D eigenvalue weighted by molar-refractivity contribution is -0.113. The van der Waals surface area contributed by atoms with Gasteiger partial charge in [0.2, 0.25) is 5.91 Å². The van der Waals surface area contributed by atoms with Crippen molar-refractivity contribution in [2.24, 2.45) is 0 Å². The van der Waals surface area contributed by atoms with Gasteiger partial charge in [-0.2, -0.15) is 0 Å². The van der Waals surface area contributed by atoms with Crippen LogP contribution >= 0.6 is 11.8 Å². The number of hydrogen-bond donors (Lipinski definition) is 1. The number of para-hydroxylation sites is 1. The topological polar surface area (TPSA) is 72.7 Å². The van der Waals surface area contributed by atoms with Gasteiger partial charge < -0.3 is 5.32 Å². The summed E-state index contributed by atoms with van der Waals surface area (Å²) < 4.78 is 15.3. The second-order valence-electron chi connectivity index (χ2n) is 7.88. The minimum absolute atomic E-state index is 0.129. The molecule has 168 valence electrons. The first-order chi connectivity index (χ1) is 15.9. The van der Waals surface area contributed by atoms with Crippen molar-refractivity contribution in [3.8, 4) is 17.1 Å². The summed E-state index contributed by atoms with van der Waals surface area (Å²) in [4.78, 5) is 16.9. The van der Waals surface area contributed by atoms with E-state index in [0.717, 1.165) is 22.4 Å². The molecule has 0 fully saturated rings. The predicted octanol–water partition coefficient (Wildman–Crippen LogP) is 5.63. The van der Waals surface area contributed by atoms with E-state index in [9.17, 15) is 9.18 Å². The number of nitrogens with one attached hydrogen (secondary N) is 1. The third kappa shape index (κ3) is 5.12. The van der Waals surface area contributed by atoms with Crippen LogP contribution in [-0.2, 0) is 4.79 Å². The molecule has 0 aliphatic carbocycles. The van der Waals surface area contributed by atoms with Crippen LogP contribution in [0.15, 0.2) is 72.1 Å². The van der Waals surface area contributed by atoms with Crippen LogP contribution in [0.5, 0.6) is 0 Å². The second-order valence-corrected chi connectivity index (χ2v) is 8.83. The fraction of sp³-hybridized carbons (Fsp3) is 0.200. The zero-order chi connectivity index (χ0) is 23.4. The molecule has 0 spiro atoms. The first-order valence-electron chi connectivity index (χ1n) is 10.6. The van der Waals surface area contributed by atoms with Crippen molar-refractivity contribution in [2.45, 2.75) is 31.8 Å². The molecule has 6 nitrogen and oxygen atoms in total. The van der Waals surface area contributed by atoms with Gasteiger partial charge in [0.25, 0.3) is 0 Å².